The normalized spacial score (nSPS) is 17.2. The summed E-state index contributed by atoms with van der Waals surface area (Å²) < 4.78 is 7.33. The average molecular weight is 237 g/mol. The second-order valence-electron chi connectivity index (χ2n) is 4.40. The van der Waals surface area contributed by atoms with E-state index < -0.39 is 0 Å². The zero-order valence-corrected chi connectivity index (χ0v) is 10.2. The highest BCUT2D eigenvalue weighted by atomic mass is 16.5. The van der Waals surface area contributed by atoms with Gasteiger partial charge in [0.15, 0.2) is 5.78 Å². The second kappa shape index (κ2) is 5.93. The molecule has 1 aliphatic heterocycles. The number of nitrogens with one attached hydrogen (secondary N) is 1. The summed E-state index contributed by atoms with van der Waals surface area (Å²) in [6.45, 7) is 2.54. The van der Waals surface area contributed by atoms with Crippen LogP contribution in [0.15, 0.2) is 12.4 Å². The van der Waals surface area contributed by atoms with Crippen LogP contribution in [0.1, 0.15) is 29.6 Å². The fourth-order valence-electron chi connectivity index (χ4n) is 1.99. The zero-order valence-electron chi connectivity index (χ0n) is 10.2. The van der Waals surface area contributed by atoms with Crippen molar-refractivity contribution >= 4 is 5.78 Å². The van der Waals surface area contributed by atoms with E-state index in [4.69, 9.17) is 4.74 Å². The van der Waals surface area contributed by atoms with Gasteiger partial charge in [-0.3, -0.25) is 9.48 Å². The van der Waals surface area contributed by atoms with Gasteiger partial charge in [0.2, 0.25) is 0 Å². The van der Waals surface area contributed by atoms with Gasteiger partial charge in [-0.25, -0.2) is 0 Å². The minimum Gasteiger partial charge on any atom is -0.378 e. The smallest absolute Gasteiger partial charge is 0.168 e. The van der Waals surface area contributed by atoms with Crippen molar-refractivity contribution in [3.05, 3.63) is 18.0 Å². The van der Waals surface area contributed by atoms with Crippen LogP contribution in [-0.4, -0.2) is 41.4 Å². The number of nitrogens with zero attached hydrogens (tertiary/aromatic N) is 2. The second-order valence-corrected chi connectivity index (χ2v) is 4.40. The first-order chi connectivity index (χ1) is 8.25. The van der Waals surface area contributed by atoms with E-state index in [0.29, 0.717) is 24.7 Å². The monoisotopic (exact) mass is 237 g/mol. The van der Waals surface area contributed by atoms with Crippen molar-refractivity contribution in [1.29, 1.82) is 0 Å². The van der Waals surface area contributed by atoms with Gasteiger partial charge in [-0.15, -0.1) is 0 Å². The van der Waals surface area contributed by atoms with Gasteiger partial charge in [-0.2, -0.15) is 5.10 Å². The molecule has 0 aromatic carbocycles. The molecule has 2 rings (SSSR count). The SMILES string of the molecule is Cn1cc(C(=O)CCOC2CCNCC2)cn1. The Balaban J connectivity index is 1.69. The van der Waals surface area contributed by atoms with Crippen LogP contribution in [0.2, 0.25) is 0 Å². The number of ether oxygens (including phenoxy) is 1. The Kier molecular flexibility index (Phi) is 4.28. The Labute approximate surface area is 101 Å². The lowest BCUT2D eigenvalue weighted by atomic mass is 10.1. The van der Waals surface area contributed by atoms with Crippen molar-refractivity contribution in [3.63, 3.8) is 0 Å². The molecule has 17 heavy (non-hydrogen) atoms. The van der Waals surface area contributed by atoms with E-state index >= 15 is 0 Å². The van der Waals surface area contributed by atoms with Crippen LogP contribution in [0, 0.1) is 0 Å². The van der Waals surface area contributed by atoms with E-state index in [9.17, 15) is 4.79 Å². The summed E-state index contributed by atoms with van der Waals surface area (Å²) in [5.41, 5.74) is 0.668. The molecule has 5 heteroatoms. The molecule has 0 radical (unpaired) electrons. The number of ketones is 1. The number of hydrogen-bond acceptors (Lipinski definition) is 4. The first-order valence-electron chi connectivity index (χ1n) is 6.10. The van der Waals surface area contributed by atoms with Crippen molar-refractivity contribution in [3.8, 4) is 0 Å². The number of rotatable bonds is 5. The lowest BCUT2D eigenvalue weighted by Crippen LogP contribution is -2.32. The van der Waals surface area contributed by atoms with E-state index in [-0.39, 0.29) is 5.78 Å². The first kappa shape index (κ1) is 12.3. The van der Waals surface area contributed by atoms with Crippen LogP contribution in [0.4, 0.5) is 0 Å². The standard InChI is InChI=1S/C12H19N3O2/c1-15-9-10(8-14-15)12(16)4-7-17-11-2-5-13-6-3-11/h8-9,11,13H,2-7H2,1H3. The highest BCUT2D eigenvalue weighted by molar-refractivity contribution is 5.95. The van der Waals surface area contributed by atoms with Crippen LogP contribution in [0.25, 0.3) is 0 Å². The average Bonchev–Trinajstić information content (AvgIpc) is 2.77. The van der Waals surface area contributed by atoms with E-state index in [0.717, 1.165) is 25.9 Å². The minimum atomic E-state index is 0.104. The fraction of sp³-hybridized carbons (Fsp3) is 0.667. The molecular formula is C12H19N3O2. The summed E-state index contributed by atoms with van der Waals surface area (Å²) >= 11 is 0. The van der Waals surface area contributed by atoms with Gasteiger partial charge in [0.05, 0.1) is 24.5 Å². The van der Waals surface area contributed by atoms with Gasteiger partial charge in [0.25, 0.3) is 0 Å². The molecule has 0 atom stereocenters. The number of aromatic nitrogens is 2. The molecule has 1 fully saturated rings. The summed E-state index contributed by atoms with van der Waals surface area (Å²) in [6, 6.07) is 0. The maximum Gasteiger partial charge on any atom is 0.168 e. The summed E-state index contributed by atoms with van der Waals surface area (Å²) in [7, 11) is 1.81. The maximum atomic E-state index is 11.8. The topological polar surface area (TPSA) is 56.1 Å². The summed E-state index contributed by atoms with van der Waals surface area (Å²) in [4.78, 5) is 11.8. The number of aryl methyl sites for hydroxylation is 1. The Bertz CT molecular complexity index is 370. The minimum absolute atomic E-state index is 0.104. The predicted octanol–water partition coefficient (Wildman–Crippen LogP) is 0.761. The molecule has 1 saturated heterocycles. The van der Waals surface area contributed by atoms with Crippen molar-refractivity contribution in [2.45, 2.75) is 25.4 Å². The molecule has 1 N–H and O–H groups in total. The Morgan fingerprint density at radius 1 is 1.59 bits per heavy atom. The molecule has 0 unspecified atom stereocenters. The van der Waals surface area contributed by atoms with E-state index in [1.165, 1.54) is 0 Å². The Hall–Kier alpha value is -1.20. The third-order valence-electron chi connectivity index (χ3n) is 3.00. The van der Waals surface area contributed by atoms with Gasteiger partial charge >= 0.3 is 0 Å². The molecular weight excluding hydrogens is 218 g/mol. The third kappa shape index (κ3) is 3.64. The van der Waals surface area contributed by atoms with Gasteiger partial charge in [-0.05, 0) is 25.9 Å². The molecule has 0 aliphatic carbocycles. The zero-order chi connectivity index (χ0) is 12.1. The molecule has 2 heterocycles. The number of Topliss-reactive ketones (excluding diaryl/α,β-unsaturated/α-hetero) is 1. The van der Waals surface area contributed by atoms with Crippen LogP contribution in [-0.2, 0) is 11.8 Å². The van der Waals surface area contributed by atoms with Crippen LogP contribution in [0.3, 0.4) is 0 Å². The Morgan fingerprint density at radius 2 is 2.35 bits per heavy atom. The number of hydrogen-bond donors (Lipinski definition) is 1. The highest BCUT2D eigenvalue weighted by Gasteiger charge is 2.14. The number of carbonyl (C=O) groups excluding carboxylic acids is 1. The van der Waals surface area contributed by atoms with E-state index in [1.54, 1.807) is 17.1 Å². The summed E-state index contributed by atoms with van der Waals surface area (Å²) in [5, 5.41) is 7.27. The maximum absolute atomic E-state index is 11.8. The van der Waals surface area contributed by atoms with Crippen molar-refractivity contribution in [2.24, 2.45) is 7.05 Å². The van der Waals surface area contributed by atoms with Crippen molar-refractivity contribution in [1.82, 2.24) is 15.1 Å². The molecule has 0 amide bonds. The quantitative estimate of drug-likeness (QED) is 0.768. The first-order valence-corrected chi connectivity index (χ1v) is 6.10. The number of piperidine rings is 1. The van der Waals surface area contributed by atoms with Crippen LogP contribution in [0.5, 0.6) is 0 Å². The van der Waals surface area contributed by atoms with Crippen LogP contribution < -0.4 is 5.32 Å². The molecule has 1 aliphatic rings. The molecule has 1 aromatic heterocycles. The molecule has 5 nitrogen and oxygen atoms in total. The van der Waals surface area contributed by atoms with Crippen molar-refractivity contribution in [2.75, 3.05) is 19.7 Å². The van der Waals surface area contributed by atoms with Crippen LogP contribution >= 0.6 is 0 Å². The van der Waals surface area contributed by atoms with Gasteiger partial charge in [0, 0.05) is 19.7 Å². The van der Waals surface area contributed by atoms with Gasteiger partial charge < -0.3 is 10.1 Å². The molecule has 94 valence electrons. The largest absolute Gasteiger partial charge is 0.378 e. The molecule has 0 saturated carbocycles. The Morgan fingerprint density at radius 3 is 3.00 bits per heavy atom. The summed E-state index contributed by atoms with van der Waals surface area (Å²) in [6.07, 6.45) is 6.19. The van der Waals surface area contributed by atoms with E-state index in [1.807, 2.05) is 7.05 Å². The van der Waals surface area contributed by atoms with Gasteiger partial charge in [0.1, 0.15) is 0 Å². The molecule has 0 spiro atoms. The van der Waals surface area contributed by atoms with Gasteiger partial charge in [-0.1, -0.05) is 0 Å². The third-order valence-corrected chi connectivity index (χ3v) is 3.00. The lowest BCUT2D eigenvalue weighted by molar-refractivity contribution is 0.0313. The molecule has 0 bridgehead atoms. The predicted molar refractivity (Wildman–Crippen MR) is 64.0 cm³/mol. The molecule has 1 aromatic rings. The number of carbonyl (C=O) groups is 1. The highest BCUT2D eigenvalue weighted by Crippen LogP contribution is 2.09. The van der Waals surface area contributed by atoms with E-state index in [2.05, 4.69) is 10.4 Å². The summed E-state index contributed by atoms with van der Waals surface area (Å²) in [5.74, 6) is 0.104. The lowest BCUT2D eigenvalue weighted by Gasteiger charge is -2.22. The fourth-order valence-corrected chi connectivity index (χ4v) is 1.99. The van der Waals surface area contributed by atoms with Crippen molar-refractivity contribution < 1.29 is 9.53 Å².